The molecule has 0 aliphatic heterocycles. The van der Waals surface area contributed by atoms with Crippen LogP contribution in [0.1, 0.15) is 25.2 Å². The van der Waals surface area contributed by atoms with Crippen LogP contribution in [0.2, 0.25) is 5.02 Å². The summed E-state index contributed by atoms with van der Waals surface area (Å²) < 4.78 is 0. The molecule has 0 saturated heterocycles. The molecule has 6 heteroatoms. The van der Waals surface area contributed by atoms with Crippen LogP contribution in [-0.4, -0.2) is 33.1 Å². The number of hydrogen-bond acceptors (Lipinski definition) is 4. The van der Waals surface area contributed by atoms with E-state index in [1.54, 1.807) is 6.07 Å². The second-order valence-corrected chi connectivity index (χ2v) is 6.44. The fourth-order valence-corrected chi connectivity index (χ4v) is 2.99. The van der Waals surface area contributed by atoms with Crippen LogP contribution in [0.4, 0.5) is 5.69 Å². The molecule has 3 rings (SSSR count). The van der Waals surface area contributed by atoms with Crippen molar-refractivity contribution in [2.75, 3.05) is 18.4 Å². The molecule has 0 amide bonds. The van der Waals surface area contributed by atoms with Crippen molar-refractivity contribution in [2.45, 2.75) is 26.9 Å². The van der Waals surface area contributed by atoms with E-state index in [4.69, 9.17) is 11.6 Å². The van der Waals surface area contributed by atoms with E-state index in [2.05, 4.69) is 34.0 Å². The molecule has 0 saturated carbocycles. The van der Waals surface area contributed by atoms with E-state index in [0.717, 1.165) is 47.7 Å². The second-order valence-electron chi connectivity index (χ2n) is 6.00. The van der Waals surface area contributed by atoms with E-state index in [1.807, 2.05) is 30.3 Å². The Bertz CT molecular complexity index is 858. The quantitative estimate of drug-likeness (QED) is 0.548. The molecule has 1 aromatic heterocycles. The maximum Gasteiger partial charge on any atom is 0.126 e. The van der Waals surface area contributed by atoms with E-state index >= 15 is 0 Å². The van der Waals surface area contributed by atoms with E-state index in [0.29, 0.717) is 17.3 Å². The molecule has 0 bridgehead atoms. The zero-order valence-corrected chi connectivity index (χ0v) is 15.3. The first-order chi connectivity index (χ1) is 12.1. The van der Waals surface area contributed by atoms with Gasteiger partial charge in [-0.1, -0.05) is 25.4 Å². The molecule has 3 aromatic rings. The lowest BCUT2D eigenvalue weighted by Crippen LogP contribution is -2.22. The van der Waals surface area contributed by atoms with E-state index in [-0.39, 0.29) is 0 Å². The number of benzene rings is 2. The van der Waals surface area contributed by atoms with Crippen LogP contribution in [0.25, 0.3) is 11.0 Å². The topological polar surface area (TPSA) is 64.2 Å². The van der Waals surface area contributed by atoms with Crippen molar-refractivity contribution in [3.63, 3.8) is 0 Å². The molecule has 2 aromatic carbocycles. The first kappa shape index (κ1) is 17.6. The van der Waals surface area contributed by atoms with Gasteiger partial charge in [-0.05, 0) is 49.5 Å². The van der Waals surface area contributed by atoms with Gasteiger partial charge in [0.1, 0.15) is 11.6 Å². The Morgan fingerprint density at radius 3 is 2.72 bits per heavy atom. The molecule has 0 spiro atoms. The maximum absolute atomic E-state index is 10.1. The highest BCUT2D eigenvalue weighted by atomic mass is 35.5. The van der Waals surface area contributed by atoms with Gasteiger partial charge in [-0.3, -0.25) is 4.90 Å². The van der Waals surface area contributed by atoms with Crippen molar-refractivity contribution in [2.24, 2.45) is 0 Å². The van der Waals surface area contributed by atoms with Crippen LogP contribution in [0.5, 0.6) is 5.75 Å². The number of aromatic amines is 1. The SMILES string of the molecule is CCN(CC)Cc1cc(NCc2nc3ccc(Cl)cc3[nH]2)ccc1O. The van der Waals surface area contributed by atoms with Gasteiger partial charge in [-0.15, -0.1) is 0 Å². The Kier molecular flexibility index (Phi) is 5.46. The number of H-pyrrole nitrogens is 1. The van der Waals surface area contributed by atoms with Crippen LogP contribution in [0, 0.1) is 0 Å². The van der Waals surface area contributed by atoms with Gasteiger partial charge in [0.2, 0.25) is 0 Å². The van der Waals surface area contributed by atoms with Crippen LogP contribution < -0.4 is 5.32 Å². The van der Waals surface area contributed by atoms with Gasteiger partial charge >= 0.3 is 0 Å². The van der Waals surface area contributed by atoms with Crippen LogP contribution in [0.3, 0.4) is 0 Å². The first-order valence-corrected chi connectivity index (χ1v) is 8.89. The van der Waals surface area contributed by atoms with E-state index in [9.17, 15) is 5.11 Å². The number of aromatic nitrogens is 2. The van der Waals surface area contributed by atoms with Crippen LogP contribution in [0.15, 0.2) is 36.4 Å². The second kappa shape index (κ2) is 7.76. The third-order valence-corrected chi connectivity index (χ3v) is 4.56. The van der Waals surface area contributed by atoms with Crippen molar-refractivity contribution < 1.29 is 5.11 Å². The maximum atomic E-state index is 10.1. The summed E-state index contributed by atoms with van der Waals surface area (Å²) in [4.78, 5) is 10.1. The zero-order valence-electron chi connectivity index (χ0n) is 14.5. The third-order valence-electron chi connectivity index (χ3n) is 4.32. The number of nitrogens with one attached hydrogen (secondary N) is 2. The molecule has 0 unspecified atom stereocenters. The van der Waals surface area contributed by atoms with Crippen molar-refractivity contribution in [1.29, 1.82) is 0 Å². The van der Waals surface area contributed by atoms with Crippen molar-refractivity contribution >= 4 is 28.3 Å². The van der Waals surface area contributed by atoms with Gasteiger partial charge in [0, 0.05) is 22.8 Å². The van der Waals surface area contributed by atoms with E-state index < -0.39 is 0 Å². The lowest BCUT2D eigenvalue weighted by molar-refractivity contribution is 0.291. The van der Waals surface area contributed by atoms with Gasteiger partial charge in [0.05, 0.1) is 17.6 Å². The van der Waals surface area contributed by atoms with Crippen molar-refractivity contribution in [3.8, 4) is 5.75 Å². The number of rotatable bonds is 7. The molecular formula is C19H23ClN4O. The summed E-state index contributed by atoms with van der Waals surface area (Å²) in [6.45, 7) is 7.45. The highest BCUT2D eigenvalue weighted by molar-refractivity contribution is 6.31. The summed E-state index contributed by atoms with van der Waals surface area (Å²) in [5.41, 5.74) is 3.70. The number of phenolic OH excluding ortho intramolecular Hbond substituents is 1. The van der Waals surface area contributed by atoms with E-state index in [1.165, 1.54) is 0 Å². The Labute approximate surface area is 152 Å². The summed E-state index contributed by atoms with van der Waals surface area (Å²) >= 11 is 6.01. The minimum absolute atomic E-state index is 0.329. The zero-order chi connectivity index (χ0) is 17.8. The average Bonchev–Trinajstić information content (AvgIpc) is 3.01. The van der Waals surface area contributed by atoms with Crippen LogP contribution in [-0.2, 0) is 13.1 Å². The van der Waals surface area contributed by atoms with Crippen molar-refractivity contribution in [1.82, 2.24) is 14.9 Å². The predicted octanol–water partition coefficient (Wildman–Crippen LogP) is 4.38. The molecule has 1 heterocycles. The molecule has 0 radical (unpaired) electrons. The number of anilines is 1. The van der Waals surface area contributed by atoms with Gasteiger partial charge in [0.15, 0.2) is 0 Å². The molecule has 5 nitrogen and oxygen atoms in total. The largest absolute Gasteiger partial charge is 0.508 e. The number of aromatic hydroxyl groups is 1. The molecule has 0 fully saturated rings. The van der Waals surface area contributed by atoms with Gasteiger partial charge in [0.25, 0.3) is 0 Å². The molecule has 132 valence electrons. The first-order valence-electron chi connectivity index (χ1n) is 8.51. The fourth-order valence-electron chi connectivity index (χ4n) is 2.81. The van der Waals surface area contributed by atoms with Gasteiger partial charge in [-0.25, -0.2) is 4.98 Å². The lowest BCUT2D eigenvalue weighted by atomic mass is 10.1. The highest BCUT2D eigenvalue weighted by Crippen LogP contribution is 2.24. The summed E-state index contributed by atoms with van der Waals surface area (Å²) in [6.07, 6.45) is 0. The standard InChI is InChI=1S/C19H23ClN4O/c1-3-24(4-2)12-13-9-15(6-8-18(13)25)21-11-19-22-16-7-5-14(20)10-17(16)23-19/h5-10,21,25H,3-4,11-12H2,1-2H3,(H,22,23). The molecule has 0 atom stereocenters. The summed E-state index contributed by atoms with van der Waals surface area (Å²) in [6, 6.07) is 11.2. The molecule has 0 aliphatic rings. The Balaban J connectivity index is 1.71. The number of fused-ring (bicyclic) bond motifs is 1. The fraction of sp³-hybridized carbons (Fsp3) is 0.316. The monoisotopic (exact) mass is 358 g/mol. The molecule has 0 aliphatic carbocycles. The third kappa shape index (κ3) is 4.24. The smallest absolute Gasteiger partial charge is 0.126 e. The Morgan fingerprint density at radius 2 is 1.96 bits per heavy atom. The summed E-state index contributed by atoms with van der Waals surface area (Å²) in [5.74, 6) is 1.17. The summed E-state index contributed by atoms with van der Waals surface area (Å²) in [7, 11) is 0. The molecular weight excluding hydrogens is 336 g/mol. The minimum Gasteiger partial charge on any atom is -0.508 e. The Morgan fingerprint density at radius 1 is 1.16 bits per heavy atom. The number of imidazole rings is 1. The number of phenols is 1. The lowest BCUT2D eigenvalue weighted by Gasteiger charge is -2.19. The number of halogens is 1. The molecule has 3 N–H and O–H groups in total. The Hall–Kier alpha value is -2.24. The summed E-state index contributed by atoms with van der Waals surface area (Å²) in [5, 5.41) is 14.1. The number of nitrogens with zero attached hydrogens (tertiary/aromatic N) is 2. The van der Waals surface area contributed by atoms with Gasteiger partial charge in [-0.2, -0.15) is 0 Å². The normalized spacial score (nSPS) is 11.4. The van der Waals surface area contributed by atoms with Crippen molar-refractivity contribution in [3.05, 3.63) is 52.8 Å². The number of hydrogen-bond donors (Lipinski definition) is 3. The predicted molar refractivity (Wildman–Crippen MR) is 103 cm³/mol. The minimum atomic E-state index is 0.329. The highest BCUT2D eigenvalue weighted by Gasteiger charge is 2.08. The molecule has 25 heavy (non-hydrogen) atoms. The van der Waals surface area contributed by atoms with Crippen LogP contribution >= 0.6 is 11.6 Å². The average molecular weight is 359 g/mol. The van der Waals surface area contributed by atoms with Gasteiger partial charge < -0.3 is 15.4 Å².